The Bertz CT molecular complexity index is 529. The zero-order chi connectivity index (χ0) is 15.7. The average Bonchev–Trinajstić information content (AvgIpc) is 2.56. The number of halogens is 1. The summed E-state index contributed by atoms with van der Waals surface area (Å²) in [4.78, 5) is 11.8. The van der Waals surface area contributed by atoms with Gasteiger partial charge in [-0.25, -0.2) is 18.1 Å². The lowest BCUT2D eigenvalue weighted by Crippen LogP contribution is -2.33. The highest BCUT2D eigenvalue weighted by Crippen LogP contribution is 2.31. The van der Waals surface area contributed by atoms with Gasteiger partial charge in [-0.15, -0.1) is 11.3 Å². The minimum absolute atomic E-state index is 0.159. The smallest absolute Gasteiger partial charge is 0.419 e. The molecule has 0 radical (unpaired) electrons. The third-order valence-corrected chi connectivity index (χ3v) is 4.81. The van der Waals surface area contributed by atoms with Crippen LogP contribution in [0.2, 0.25) is 0 Å². The Hall–Kier alpha value is -0.990. The minimum atomic E-state index is -2.07. The molecule has 0 aliphatic heterocycles. The number of thiophene rings is 1. The summed E-state index contributed by atoms with van der Waals surface area (Å²) in [5.41, 5.74) is -1.97. The Morgan fingerprint density at radius 1 is 1.40 bits per heavy atom. The van der Waals surface area contributed by atoms with Crippen molar-refractivity contribution >= 4 is 28.4 Å². The lowest BCUT2D eigenvalue weighted by Gasteiger charge is -2.19. The van der Waals surface area contributed by atoms with Crippen LogP contribution >= 0.6 is 11.3 Å². The van der Waals surface area contributed by atoms with Gasteiger partial charge in [0.15, 0.2) is 16.8 Å². The van der Waals surface area contributed by atoms with Crippen molar-refractivity contribution in [3.63, 3.8) is 0 Å². The van der Waals surface area contributed by atoms with E-state index < -0.39 is 34.1 Å². The molecule has 1 aromatic heterocycles. The first-order valence-electron chi connectivity index (χ1n) is 5.84. The van der Waals surface area contributed by atoms with Gasteiger partial charge >= 0.3 is 6.09 Å². The first-order valence-corrected chi connectivity index (χ1v) is 7.80. The molecule has 0 saturated carbocycles. The lowest BCUT2D eigenvalue weighted by atomic mass is 10.1. The van der Waals surface area contributed by atoms with Gasteiger partial charge in [0.2, 0.25) is 0 Å². The van der Waals surface area contributed by atoms with Crippen molar-refractivity contribution in [2.45, 2.75) is 50.0 Å². The summed E-state index contributed by atoms with van der Waals surface area (Å²) in [6.45, 7) is 7.97. The van der Waals surface area contributed by atoms with Crippen LogP contribution in [-0.4, -0.2) is 21.0 Å². The molecule has 0 aliphatic carbocycles. The van der Waals surface area contributed by atoms with Gasteiger partial charge in [-0.1, -0.05) is 0 Å². The van der Waals surface area contributed by atoms with E-state index in [2.05, 4.69) is 4.72 Å². The Kier molecular flexibility index (Phi) is 4.94. The number of rotatable bonds is 3. The monoisotopic (exact) mass is 323 g/mol. The fourth-order valence-corrected chi connectivity index (χ4v) is 3.19. The molecular formula is C12H18FNO4S2. The molecule has 0 bridgehead atoms. The summed E-state index contributed by atoms with van der Waals surface area (Å²) in [7, 11) is -2.07. The molecule has 2 N–H and O–H groups in total. The zero-order valence-electron chi connectivity index (χ0n) is 11.9. The van der Waals surface area contributed by atoms with Crippen LogP contribution in [0.3, 0.4) is 0 Å². The maximum atomic E-state index is 13.7. The Morgan fingerprint density at radius 2 is 1.95 bits per heavy atom. The van der Waals surface area contributed by atoms with E-state index in [1.54, 1.807) is 20.8 Å². The number of ether oxygens (including phenoxy) is 1. The van der Waals surface area contributed by atoms with Crippen molar-refractivity contribution in [3.05, 3.63) is 16.8 Å². The van der Waals surface area contributed by atoms with E-state index in [0.717, 1.165) is 17.4 Å². The summed E-state index contributed by atoms with van der Waals surface area (Å²) in [6.07, 6.45) is -0.895. The van der Waals surface area contributed by atoms with Gasteiger partial charge in [0.1, 0.15) is 9.81 Å². The van der Waals surface area contributed by atoms with Gasteiger partial charge in [0.25, 0.3) is 0 Å². The zero-order valence-corrected chi connectivity index (χ0v) is 13.6. The predicted molar refractivity (Wildman–Crippen MR) is 75.3 cm³/mol. The van der Waals surface area contributed by atoms with Gasteiger partial charge in [0.05, 0.1) is 5.60 Å². The topological polar surface area (TPSA) is 75.6 Å². The number of carbonyl (C=O) groups is 1. The molecule has 0 spiro atoms. The first-order chi connectivity index (χ1) is 8.90. The minimum Gasteiger partial charge on any atom is -0.443 e. The quantitative estimate of drug-likeness (QED) is 0.897. The molecule has 5 nitrogen and oxygen atoms in total. The normalized spacial score (nSPS) is 13.9. The van der Waals surface area contributed by atoms with Crippen LogP contribution in [-0.2, 0) is 21.3 Å². The summed E-state index contributed by atoms with van der Waals surface area (Å²) >= 11 is 0.839. The van der Waals surface area contributed by atoms with E-state index >= 15 is 0 Å². The molecule has 0 saturated heterocycles. The van der Waals surface area contributed by atoms with Crippen LogP contribution in [0, 0.1) is 5.82 Å². The standard InChI is InChI=1S/C12H18FNO4S2/c1-11(2,3)18-10(15)14-20(17)9-7(13)6-8(19-9)12(4,5)16/h6,16H,1-5H3,(H,14,15)/t20-/m0/s1. The van der Waals surface area contributed by atoms with E-state index in [-0.39, 0.29) is 4.21 Å². The highest BCUT2D eigenvalue weighted by molar-refractivity contribution is 7.86. The van der Waals surface area contributed by atoms with Crippen molar-refractivity contribution in [3.8, 4) is 0 Å². The number of carbonyl (C=O) groups excluding carboxylic acids is 1. The van der Waals surface area contributed by atoms with Gasteiger partial charge in [-0.3, -0.25) is 0 Å². The third-order valence-electron chi connectivity index (χ3n) is 2.00. The molecule has 1 rings (SSSR count). The number of amides is 1. The number of nitrogens with one attached hydrogen (secondary N) is 1. The summed E-state index contributed by atoms with van der Waals surface area (Å²) < 4.78 is 32.4. The molecular weight excluding hydrogens is 305 g/mol. The van der Waals surface area contributed by atoms with Crippen LogP contribution in [0.15, 0.2) is 10.3 Å². The first kappa shape index (κ1) is 17.1. The highest BCUT2D eigenvalue weighted by atomic mass is 32.2. The van der Waals surface area contributed by atoms with E-state index in [4.69, 9.17) is 4.74 Å². The predicted octanol–water partition coefficient (Wildman–Crippen LogP) is 2.66. The van der Waals surface area contributed by atoms with Crippen molar-refractivity contribution in [1.82, 2.24) is 4.72 Å². The van der Waals surface area contributed by atoms with Crippen LogP contribution in [0.1, 0.15) is 39.5 Å². The second-order valence-corrected chi connectivity index (χ2v) is 8.14. The molecule has 1 atom stereocenters. The second kappa shape index (κ2) is 5.79. The van der Waals surface area contributed by atoms with E-state index in [0.29, 0.717) is 4.88 Å². The fraction of sp³-hybridized carbons (Fsp3) is 0.583. The lowest BCUT2D eigenvalue weighted by molar-refractivity contribution is 0.0572. The number of aliphatic hydroxyl groups is 1. The molecule has 114 valence electrons. The maximum Gasteiger partial charge on any atom is 0.419 e. The Morgan fingerprint density at radius 3 is 2.35 bits per heavy atom. The molecule has 0 aliphatic rings. The number of hydrogen-bond acceptors (Lipinski definition) is 5. The summed E-state index contributed by atoms with van der Waals surface area (Å²) in [6, 6.07) is 1.11. The molecule has 1 heterocycles. The van der Waals surface area contributed by atoms with Gasteiger partial charge in [0, 0.05) is 4.88 Å². The van der Waals surface area contributed by atoms with Crippen LogP contribution in [0.25, 0.3) is 0 Å². The van der Waals surface area contributed by atoms with Crippen molar-refractivity contribution in [2.75, 3.05) is 0 Å². The third kappa shape index (κ3) is 4.84. The molecule has 8 heteroatoms. The second-order valence-electron chi connectivity index (χ2n) is 5.68. The fourth-order valence-electron chi connectivity index (χ4n) is 1.20. The molecule has 0 unspecified atom stereocenters. The van der Waals surface area contributed by atoms with Crippen molar-refractivity contribution in [2.24, 2.45) is 0 Å². The van der Waals surface area contributed by atoms with Gasteiger partial charge < -0.3 is 9.84 Å². The van der Waals surface area contributed by atoms with E-state index in [1.807, 2.05) is 0 Å². The van der Waals surface area contributed by atoms with E-state index in [9.17, 15) is 18.5 Å². The maximum absolute atomic E-state index is 13.7. The molecule has 0 aromatic carbocycles. The van der Waals surface area contributed by atoms with Crippen LogP contribution in [0.4, 0.5) is 9.18 Å². The van der Waals surface area contributed by atoms with Gasteiger partial charge in [-0.05, 0) is 40.7 Å². The van der Waals surface area contributed by atoms with E-state index in [1.165, 1.54) is 13.8 Å². The van der Waals surface area contributed by atoms with Crippen molar-refractivity contribution in [1.29, 1.82) is 0 Å². The van der Waals surface area contributed by atoms with Gasteiger partial charge in [-0.2, -0.15) is 0 Å². The Balaban J connectivity index is 2.84. The molecule has 1 aromatic rings. The largest absolute Gasteiger partial charge is 0.443 e. The highest BCUT2D eigenvalue weighted by Gasteiger charge is 2.26. The number of hydrogen-bond donors (Lipinski definition) is 2. The summed E-state index contributed by atoms with van der Waals surface area (Å²) in [5.74, 6) is -0.735. The SMILES string of the molecule is CC(C)(C)OC(=O)N[S@@](=O)c1sc(C(C)(C)O)cc1F. The van der Waals surface area contributed by atoms with Crippen LogP contribution < -0.4 is 4.72 Å². The Labute approximate surface area is 123 Å². The molecule has 1 amide bonds. The van der Waals surface area contributed by atoms with Crippen LogP contribution in [0.5, 0.6) is 0 Å². The molecule has 0 fully saturated rings. The summed E-state index contributed by atoms with van der Waals surface area (Å²) in [5, 5.41) is 9.78. The van der Waals surface area contributed by atoms with Crippen molar-refractivity contribution < 1.29 is 23.2 Å². The molecule has 20 heavy (non-hydrogen) atoms. The average molecular weight is 323 g/mol.